The average Bonchev–Trinajstić information content (AvgIpc) is 0.801. The Balaban J connectivity index is 0.000000789. The van der Waals surface area contributed by atoms with E-state index in [-0.39, 0.29) is 71.9 Å². The summed E-state index contributed by atoms with van der Waals surface area (Å²) in [6.45, 7) is 28.7. The SMILES string of the molecule is CC(=O)COCCOCCOCCOCCSC(C)=O.CC[C@H]1O[C@H](OC)[C@H](C)[C@@H](C)[C@@H]1O[C@@H]1O[C@@H](C)[C@@H](O[C@H]2O[C@H](CC)[C@@H](O[C@@H]3O[C@H](C)[C@@H](O[C@H]4O[C@H](CC)[C@@H](OCCOCCOCCOCCN)[C@H](OC)[C@H]4OC)[C@H](OC)[C@H]3OC)[C@H](C)[C@H]2C)[C@H](OC)[C@H]1OC. The van der Waals surface area contributed by atoms with Gasteiger partial charge >= 0.3 is 0 Å². The largest absolute Gasteiger partial charge is 0.378 e. The van der Waals surface area contributed by atoms with Gasteiger partial charge in [-0.25, -0.2) is 0 Å². The third-order valence-electron chi connectivity index (χ3n) is 17.7. The number of rotatable bonds is 44. The van der Waals surface area contributed by atoms with E-state index in [4.69, 9.17) is 119 Å². The Bertz CT molecular complexity index is 1920. The summed E-state index contributed by atoms with van der Waals surface area (Å²) in [5.41, 5.74) is 5.45. The second kappa shape index (κ2) is 46.9. The highest BCUT2D eigenvalue weighted by molar-refractivity contribution is 8.13. The number of hydrogen-bond acceptors (Lipinski definition) is 28. The standard InChI is InChI=1S/C52H97NO20.C13H24O6S/c1-17-34-37(28(4)30(6)48(60-16)67-34)70-50-45(57-13)42(54-10)39(32(8)65-50)72-49-31(7)29(5)38(35(18-2)68-49)71-51-46(58-14)43(55-11)40(33(9)66-51)73-52-47(59-15)44(56-12)41(36(19-3)69-52)64-27-26-63-25-24-62-23-22-61-21-20-53;1-12(14)11-19-8-7-17-4-3-16-5-6-18-9-10-20-13(2)15/h28-52H,17-27,53H2,1-16H3;3-11H2,1-2H3/t28-,29-,30-,31-,32+,33-,34-,35-,36-,37+,38+,39-,40-,41-,42+,43+,44+,45-,46-,47-,48+,49-,50+,51+,52-;/m1./s1. The lowest BCUT2D eigenvalue weighted by Gasteiger charge is -2.52. The molecule has 0 aromatic heterocycles. The van der Waals surface area contributed by atoms with Gasteiger partial charge in [0.25, 0.3) is 0 Å². The van der Waals surface area contributed by atoms with Crippen LogP contribution in [0.3, 0.4) is 0 Å². The molecule has 0 aromatic carbocycles. The van der Waals surface area contributed by atoms with Gasteiger partial charge in [0.15, 0.2) is 42.3 Å². The molecule has 2 N–H and O–H groups in total. The zero-order valence-electron chi connectivity index (χ0n) is 59.2. The number of carbonyl (C=O) groups excluding carboxylic acids is 2. The van der Waals surface area contributed by atoms with Gasteiger partial charge in [-0.15, -0.1) is 0 Å². The molecule has 0 aliphatic carbocycles. The summed E-state index contributed by atoms with van der Waals surface area (Å²) in [5.74, 6) is 0.747. The molecule has 0 saturated carbocycles. The number of ether oxygens (including phenoxy) is 24. The summed E-state index contributed by atoms with van der Waals surface area (Å²) in [6, 6.07) is 0. The molecule has 548 valence electrons. The van der Waals surface area contributed by atoms with Gasteiger partial charge in [0.05, 0.1) is 135 Å². The smallest absolute Gasteiger partial charge is 0.187 e. The quantitative estimate of drug-likeness (QED) is 0.0784. The van der Waals surface area contributed by atoms with Crippen molar-refractivity contribution >= 4 is 22.7 Å². The molecule has 27 nitrogen and oxygen atoms in total. The number of ketones is 1. The predicted molar refractivity (Wildman–Crippen MR) is 342 cm³/mol. The van der Waals surface area contributed by atoms with Crippen LogP contribution in [0.2, 0.25) is 0 Å². The molecule has 93 heavy (non-hydrogen) atoms. The van der Waals surface area contributed by atoms with Crippen LogP contribution in [0.5, 0.6) is 0 Å². The third-order valence-corrected chi connectivity index (χ3v) is 18.5. The monoisotopic (exact) mass is 1360 g/mol. The van der Waals surface area contributed by atoms with E-state index in [0.717, 1.165) is 6.42 Å². The van der Waals surface area contributed by atoms with Crippen molar-refractivity contribution in [1.82, 2.24) is 0 Å². The normalized spacial score (nSPS) is 36.5. The maximum absolute atomic E-state index is 10.6. The van der Waals surface area contributed by atoms with E-state index in [1.54, 1.807) is 56.7 Å². The van der Waals surface area contributed by atoms with Crippen LogP contribution >= 0.6 is 11.8 Å². The van der Waals surface area contributed by atoms with Crippen molar-refractivity contribution in [2.45, 2.75) is 225 Å². The molecule has 5 aliphatic heterocycles. The van der Waals surface area contributed by atoms with Gasteiger partial charge in [-0.3, -0.25) is 9.59 Å². The van der Waals surface area contributed by atoms with Gasteiger partial charge in [-0.1, -0.05) is 60.2 Å². The molecule has 28 heteroatoms. The first-order valence-electron chi connectivity index (χ1n) is 33.5. The lowest BCUT2D eigenvalue weighted by molar-refractivity contribution is -0.383. The highest BCUT2D eigenvalue weighted by Crippen LogP contribution is 2.42. The van der Waals surface area contributed by atoms with E-state index in [0.29, 0.717) is 118 Å². The van der Waals surface area contributed by atoms with E-state index in [2.05, 4.69) is 41.5 Å². The fourth-order valence-electron chi connectivity index (χ4n) is 12.2. The molecule has 0 unspecified atom stereocenters. The van der Waals surface area contributed by atoms with Crippen LogP contribution in [0.15, 0.2) is 0 Å². The van der Waals surface area contributed by atoms with Crippen molar-refractivity contribution in [1.29, 1.82) is 0 Å². The Morgan fingerprint density at radius 2 is 0.688 bits per heavy atom. The van der Waals surface area contributed by atoms with Gasteiger partial charge in [-0.05, 0) is 51.9 Å². The van der Waals surface area contributed by atoms with Crippen molar-refractivity contribution in [3.05, 3.63) is 0 Å². The first-order chi connectivity index (χ1) is 44.9. The summed E-state index contributed by atoms with van der Waals surface area (Å²) < 4.78 is 147. The number of nitrogens with two attached hydrogens (primary N) is 1. The zero-order chi connectivity index (χ0) is 68.4. The van der Waals surface area contributed by atoms with Gasteiger partial charge in [0.2, 0.25) is 0 Å². The average molecular weight is 1360 g/mol. The fourth-order valence-corrected chi connectivity index (χ4v) is 12.7. The van der Waals surface area contributed by atoms with Crippen LogP contribution in [0.1, 0.15) is 95.4 Å². The molecule has 0 aromatic rings. The first kappa shape index (κ1) is 84.1. The molecule has 5 saturated heterocycles. The molecular formula is C65H121NO26S. The predicted octanol–water partition coefficient (Wildman–Crippen LogP) is 5.02. The highest BCUT2D eigenvalue weighted by atomic mass is 32.2. The maximum Gasteiger partial charge on any atom is 0.187 e. The molecule has 5 heterocycles. The second-order valence-electron chi connectivity index (χ2n) is 23.9. The summed E-state index contributed by atoms with van der Waals surface area (Å²) in [4.78, 5) is 21.2. The maximum atomic E-state index is 10.6. The Morgan fingerprint density at radius 3 is 1.09 bits per heavy atom. The molecule has 0 radical (unpaired) electrons. The second-order valence-corrected chi connectivity index (χ2v) is 25.2. The molecule has 0 amide bonds. The topological polar surface area (TPSA) is 282 Å². The molecule has 25 atom stereocenters. The van der Waals surface area contributed by atoms with Crippen LogP contribution in [-0.4, -0.2) is 301 Å². The Hall–Kier alpha value is -1.31. The Labute approximate surface area is 559 Å². The zero-order valence-corrected chi connectivity index (χ0v) is 60.0. The van der Waals surface area contributed by atoms with Gasteiger partial charge in [0.1, 0.15) is 61.5 Å². The molecule has 5 rings (SSSR count). The lowest BCUT2D eigenvalue weighted by Crippen LogP contribution is -2.65. The lowest BCUT2D eigenvalue weighted by atomic mass is 9.83. The van der Waals surface area contributed by atoms with E-state index >= 15 is 0 Å². The molecule has 5 fully saturated rings. The molecular weight excluding hydrogens is 1240 g/mol. The van der Waals surface area contributed by atoms with Crippen molar-refractivity contribution < 1.29 is 123 Å². The van der Waals surface area contributed by atoms with E-state index in [1.807, 2.05) is 20.8 Å². The first-order valence-corrected chi connectivity index (χ1v) is 34.4. The summed E-state index contributed by atoms with van der Waals surface area (Å²) in [7, 11) is 11.4. The summed E-state index contributed by atoms with van der Waals surface area (Å²) in [5, 5.41) is 0.106. The van der Waals surface area contributed by atoms with Crippen molar-refractivity contribution in [3.63, 3.8) is 0 Å². The van der Waals surface area contributed by atoms with Crippen molar-refractivity contribution in [2.24, 2.45) is 29.4 Å². The van der Waals surface area contributed by atoms with E-state index in [9.17, 15) is 9.59 Å². The van der Waals surface area contributed by atoms with Crippen molar-refractivity contribution in [2.75, 3.05) is 161 Å². The molecule has 0 bridgehead atoms. The Morgan fingerprint density at radius 1 is 0.355 bits per heavy atom. The van der Waals surface area contributed by atoms with E-state index < -0.39 is 98.4 Å². The molecule has 5 aliphatic rings. The van der Waals surface area contributed by atoms with E-state index in [1.165, 1.54) is 18.7 Å². The van der Waals surface area contributed by atoms with Crippen molar-refractivity contribution in [3.8, 4) is 0 Å². The van der Waals surface area contributed by atoms with Crippen LogP contribution in [0, 0.1) is 23.7 Å². The highest BCUT2D eigenvalue weighted by Gasteiger charge is 2.56. The molecule has 0 spiro atoms. The number of Topliss-reactive ketones (excluding diaryl/α,β-unsaturated/α-hetero) is 1. The number of thioether (sulfide) groups is 1. The summed E-state index contributed by atoms with van der Waals surface area (Å²) >= 11 is 1.26. The number of methoxy groups -OCH3 is 7. The number of hydrogen-bond donors (Lipinski definition) is 1. The minimum atomic E-state index is -0.858. The van der Waals surface area contributed by atoms with Gasteiger partial charge in [-0.2, -0.15) is 0 Å². The Kier molecular flexibility index (Phi) is 42.4. The van der Waals surface area contributed by atoms with Crippen LogP contribution in [0.4, 0.5) is 0 Å². The van der Waals surface area contributed by atoms with Gasteiger partial charge < -0.3 is 119 Å². The summed E-state index contributed by atoms with van der Waals surface area (Å²) in [6.07, 6.45) is -9.16. The minimum Gasteiger partial charge on any atom is -0.378 e. The van der Waals surface area contributed by atoms with Gasteiger partial charge in [0, 0.05) is 80.8 Å². The van der Waals surface area contributed by atoms with Crippen LogP contribution in [-0.2, 0) is 123 Å². The number of carbonyl (C=O) groups is 2. The third kappa shape index (κ3) is 26.3. The fraction of sp³-hybridized carbons (Fsp3) is 0.969. The van der Waals surface area contributed by atoms with Crippen LogP contribution in [0.25, 0.3) is 0 Å². The minimum absolute atomic E-state index is 0.00929. The van der Waals surface area contributed by atoms with Crippen LogP contribution < -0.4 is 5.73 Å².